The third-order valence-electron chi connectivity index (χ3n) is 11.5. The summed E-state index contributed by atoms with van der Waals surface area (Å²) in [6.07, 6.45) is 7.44. The Morgan fingerprint density at radius 1 is 0.532 bits per heavy atom. The van der Waals surface area contributed by atoms with Gasteiger partial charge in [0.25, 0.3) is 0 Å². The lowest BCUT2D eigenvalue weighted by Gasteiger charge is -2.28. The minimum atomic E-state index is -0.448. The van der Waals surface area contributed by atoms with E-state index in [1.54, 1.807) is 44.8 Å². The molecule has 0 aliphatic carbocycles. The largest absolute Gasteiger partial charge is 0.497 e. The number of morpholine rings is 2. The van der Waals surface area contributed by atoms with Gasteiger partial charge in [-0.25, -0.2) is 34.6 Å². The number of halogens is 2. The molecule has 0 bridgehead atoms. The highest BCUT2D eigenvalue weighted by atomic mass is 19.1. The van der Waals surface area contributed by atoms with E-state index in [4.69, 9.17) is 29.5 Å². The molecule has 0 saturated carbocycles. The SMILES string of the molecule is COc1cccc(Nc2cccc(Nc3ccc(C=NCc4ncc(F)c(N5CCOCC5)n4)nc3)c2)c1.COc1cccc(Nc2cccc(Nc3ccc(OC)nc3)c2)c1.NNc1ncc(F)c(N2CCOCC2)n1. The Morgan fingerprint density at radius 2 is 1.00 bits per heavy atom. The van der Waals surface area contributed by atoms with E-state index >= 15 is 0 Å². The first-order valence-electron chi connectivity index (χ1n) is 24.4. The number of ether oxygens (including phenoxy) is 5. The molecular weight excluding hydrogens is 989 g/mol. The van der Waals surface area contributed by atoms with Gasteiger partial charge < -0.3 is 54.8 Å². The molecule has 10 rings (SSSR count). The van der Waals surface area contributed by atoms with Crippen molar-refractivity contribution in [1.29, 1.82) is 0 Å². The summed E-state index contributed by atoms with van der Waals surface area (Å²) in [5.74, 6) is 7.69. The highest BCUT2D eigenvalue weighted by molar-refractivity contribution is 5.78. The highest BCUT2D eigenvalue weighted by Gasteiger charge is 2.19. The number of hydrogen-bond donors (Lipinski definition) is 6. The average Bonchev–Trinajstić information content (AvgIpc) is 3.48. The van der Waals surface area contributed by atoms with Gasteiger partial charge in [-0.2, -0.15) is 4.98 Å². The standard InChI is InChI=1S/C28H28FN7O2.C19H19N3O2.C8H12FN5O/c1-37-25-7-3-6-22(15-25)33-20-4-2-5-21(14-20)34-24-9-8-23(31-17-24)16-30-19-27-32-18-26(29)28(35-27)36-10-12-38-13-11-36;1-23-18-8-4-7-16(12-18)21-14-5-3-6-15(11-14)22-17-9-10-19(24-2)20-13-17;9-6-5-11-8(13-10)12-7(6)14-1-3-15-4-2-14/h2-9,14-18,33-34H,10-13,19H2,1H3;3-13,21-22H,1-2H3;5H,1-4,10H2,(H,11,12,13). The van der Waals surface area contributed by atoms with E-state index < -0.39 is 11.6 Å². The van der Waals surface area contributed by atoms with Crippen LogP contribution in [0.5, 0.6) is 17.4 Å². The normalized spacial score (nSPS) is 13.0. The third kappa shape index (κ3) is 16.4. The van der Waals surface area contributed by atoms with Gasteiger partial charge in [-0.15, -0.1) is 0 Å². The summed E-state index contributed by atoms with van der Waals surface area (Å²) in [6, 6.07) is 39.1. The Morgan fingerprint density at radius 3 is 1.47 bits per heavy atom. The van der Waals surface area contributed by atoms with Crippen molar-refractivity contribution < 1.29 is 32.5 Å². The molecule has 0 radical (unpaired) electrons. The summed E-state index contributed by atoms with van der Waals surface area (Å²) in [4.78, 5) is 32.8. The van der Waals surface area contributed by atoms with Crippen LogP contribution in [-0.2, 0) is 16.0 Å². The molecule has 2 aliphatic heterocycles. The zero-order chi connectivity index (χ0) is 53.6. The van der Waals surface area contributed by atoms with Crippen LogP contribution >= 0.6 is 0 Å². The van der Waals surface area contributed by atoms with Crippen molar-refractivity contribution in [3.8, 4) is 17.4 Å². The molecule has 2 aliphatic rings. The Bertz CT molecular complexity index is 3150. The van der Waals surface area contributed by atoms with Crippen molar-refractivity contribution in [3.05, 3.63) is 169 Å². The number of aromatic nitrogens is 6. The van der Waals surface area contributed by atoms with Crippen molar-refractivity contribution in [1.82, 2.24) is 29.9 Å². The van der Waals surface area contributed by atoms with E-state index in [9.17, 15) is 8.78 Å². The fourth-order valence-corrected chi connectivity index (χ4v) is 7.66. The molecular formula is C55H59F2N15O5. The van der Waals surface area contributed by atoms with E-state index in [2.05, 4.69) is 61.6 Å². The van der Waals surface area contributed by atoms with Gasteiger partial charge in [0.15, 0.2) is 29.1 Å². The first-order chi connectivity index (χ1) is 37.7. The monoisotopic (exact) mass is 1050 g/mol. The maximum Gasteiger partial charge on any atom is 0.239 e. The fraction of sp³-hybridized carbons (Fsp3) is 0.218. The molecule has 0 spiro atoms. The first kappa shape index (κ1) is 54.0. The van der Waals surface area contributed by atoms with Gasteiger partial charge in [-0.05, 0) is 78.9 Å². The number of nitrogens with one attached hydrogen (secondary N) is 5. The smallest absolute Gasteiger partial charge is 0.239 e. The second-order valence-corrected chi connectivity index (χ2v) is 16.8. The van der Waals surface area contributed by atoms with Crippen LogP contribution in [-0.4, -0.2) is 110 Å². The van der Waals surface area contributed by atoms with Gasteiger partial charge in [-0.3, -0.25) is 15.4 Å². The Labute approximate surface area is 444 Å². The average molecular weight is 1050 g/mol. The number of anilines is 11. The van der Waals surface area contributed by atoms with Crippen LogP contribution in [0.4, 0.5) is 71.9 Å². The molecule has 7 N–H and O–H groups in total. The van der Waals surface area contributed by atoms with Gasteiger partial charge in [0.1, 0.15) is 11.5 Å². The van der Waals surface area contributed by atoms with E-state index in [1.807, 2.05) is 126 Å². The summed E-state index contributed by atoms with van der Waals surface area (Å²) in [7, 11) is 4.91. The van der Waals surface area contributed by atoms with E-state index in [0.29, 0.717) is 75.8 Å². The van der Waals surface area contributed by atoms with Gasteiger partial charge in [-0.1, -0.05) is 24.3 Å². The Kier molecular flexibility index (Phi) is 19.6. The lowest BCUT2D eigenvalue weighted by atomic mass is 10.2. The van der Waals surface area contributed by atoms with Crippen molar-refractivity contribution in [3.63, 3.8) is 0 Å². The number of nitrogen functional groups attached to an aromatic ring is 1. The van der Waals surface area contributed by atoms with E-state index in [-0.39, 0.29) is 18.3 Å². The Balaban J connectivity index is 0.000000170. The van der Waals surface area contributed by atoms with Gasteiger partial charge >= 0.3 is 0 Å². The van der Waals surface area contributed by atoms with Crippen LogP contribution in [0.25, 0.3) is 0 Å². The number of hydrazine groups is 1. The molecule has 0 unspecified atom stereocenters. The number of benzene rings is 4. The number of aliphatic imine (C=N–C) groups is 1. The lowest BCUT2D eigenvalue weighted by Crippen LogP contribution is -2.37. The molecule has 22 heteroatoms. The number of nitrogens with zero attached hydrogens (tertiary/aromatic N) is 9. The highest BCUT2D eigenvalue weighted by Crippen LogP contribution is 2.27. The van der Waals surface area contributed by atoms with Gasteiger partial charge in [0.2, 0.25) is 11.8 Å². The summed E-state index contributed by atoms with van der Waals surface area (Å²) in [5, 5.41) is 13.4. The Hall–Kier alpha value is -9.25. The summed E-state index contributed by atoms with van der Waals surface area (Å²) >= 11 is 0. The molecule has 4 aromatic carbocycles. The zero-order valence-corrected chi connectivity index (χ0v) is 42.7. The van der Waals surface area contributed by atoms with E-state index in [0.717, 1.165) is 63.2 Å². The van der Waals surface area contributed by atoms with Gasteiger partial charge in [0.05, 0.1) is 96.2 Å². The zero-order valence-electron chi connectivity index (χ0n) is 42.7. The van der Waals surface area contributed by atoms with Crippen molar-refractivity contribution in [2.24, 2.45) is 10.8 Å². The molecule has 77 heavy (non-hydrogen) atoms. The molecule has 0 amide bonds. The number of rotatable bonds is 17. The fourth-order valence-electron chi connectivity index (χ4n) is 7.66. The quantitative estimate of drug-likeness (QED) is 0.0284. The molecule has 20 nitrogen and oxygen atoms in total. The van der Waals surface area contributed by atoms with Crippen LogP contribution in [0.2, 0.25) is 0 Å². The van der Waals surface area contributed by atoms with Crippen molar-refractivity contribution in [2.45, 2.75) is 6.54 Å². The molecule has 6 heterocycles. The van der Waals surface area contributed by atoms with Crippen molar-refractivity contribution in [2.75, 3.05) is 110 Å². The minimum absolute atomic E-state index is 0.206. The van der Waals surface area contributed by atoms with Crippen molar-refractivity contribution >= 4 is 69.3 Å². The summed E-state index contributed by atoms with van der Waals surface area (Å²) < 4.78 is 53.7. The summed E-state index contributed by atoms with van der Waals surface area (Å²) in [5.41, 5.74) is 10.4. The van der Waals surface area contributed by atoms with Crippen LogP contribution in [0, 0.1) is 11.6 Å². The third-order valence-corrected chi connectivity index (χ3v) is 11.5. The first-order valence-corrected chi connectivity index (χ1v) is 24.4. The predicted molar refractivity (Wildman–Crippen MR) is 296 cm³/mol. The molecule has 2 saturated heterocycles. The van der Waals surface area contributed by atoms with Crippen LogP contribution in [0.15, 0.2) is 151 Å². The molecule has 398 valence electrons. The second-order valence-electron chi connectivity index (χ2n) is 16.8. The molecule has 4 aromatic heterocycles. The number of hydrogen-bond acceptors (Lipinski definition) is 20. The van der Waals surface area contributed by atoms with Gasteiger partial charge in [0, 0.05) is 84.7 Å². The van der Waals surface area contributed by atoms with E-state index in [1.165, 1.54) is 6.20 Å². The molecule has 8 aromatic rings. The minimum Gasteiger partial charge on any atom is -0.497 e. The maximum absolute atomic E-state index is 14.2. The number of methoxy groups -OCH3 is 3. The van der Waals surface area contributed by atoms with Crippen LogP contribution in [0.3, 0.4) is 0 Å². The second kappa shape index (κ2) is 27.9. The molecule has 0 atom stereocenters. The number of nitrogens with two attached hydrogens (primary N) is 1. The number of pyridine rings is 2. The van der Waals surface area contributed by atoms with Crippen LogP contribution < -0.4 is 56.5 Å². The van der Waals surface area contributed by atoms with Crippen LogP contribution in [0.1, 0.15) is 11.5 Å². The maximum atomic E-state index is 14.2. The lowest BCUT2D eigenvalue weighted by molar-refractivity contribution is 0.122. The summed E-state index contributed by atoms with van der Waals surface area (Å²) in [6.45, 7) is 4.94. The molecule has 2 fully saturated rings. The topological polar surface area (TPSA) is 228 Å². The predicted octanol–water partition coefficient (Wildman–Crippen LogP) is 9.29.